The van der Waals surface area contributed by atoms with Gasteiger partial charge in [-0.05, 0) is 31.8 Å². The third kappa shape index (κ3) is 4.22. The van der Waals surface area contributed by atoms with Crippen molar-refractivity contribution in [3.8, 4) is 0 Å². The Kier molecular flexibility index (Phi) is 8.13. The maximum absolute atomic E-state index is 14.8. The van der Waals surface area contributed by atoms with Crippen molar-refractivity contribution in [2.24, 2.45) is 5.92 Å². The first kappa shape index (κ1) is 17.3. The van der Waals surface area contributed by atoms with Crippen LogP contribution in [0.1, 0.15) is 72.6 Å². The molecular formula is C16H29FO. The summed E-state index contributed by atoms with van der Waals surface area (Å²) in [4.78, 5) is 11.9. The van der Waals surface area contributed by atoms with Gasteiger partial charge in [0.1, 0.15) is 0 Å². The van der Waals surface area contributed by atoms with Crippen LogP contribution < -0.4 is 0 Å². The van der Waals surface area contributed by atoms with E-state index in [1.165, 1.54) is 6.42 Å². The molecule has 0 aromatic heterocycles. The molecule has 0 aromatic rings. The summed E-state index contributed by atoms with van der Waals surface area (Å²) in [5.74, 6) is -0.376. The summed E-state index contributed by atoms with van der Waals surface area (Å²) in [6.07, 6.45) is 6.05. The van der Waals surface area contributed by atoms with Gasteiger partial charge in [-0.1, -0.05) is 46.6 Å². The van der Waals surface area contributed by atoms with Gasteiger partial charge in [-0.2, -0.15) is 0 Å². The van der Waals surface area contributed by atoms with E-state index in [1.807, 2.05) is 6.92 Å². The minimum absolute atomic E-state index is 0.117. The molecule has 1 atom stereocenters. The SMILES string of the molecule is C=C(C)C(F)(C(=O)CCC)C1CCCC1.CCC. The summed E-state index contributed by atoms with van der Waals surface area (Å²) in [5, 5.41) is 0. The lowest BCUT2D eigenvalue weighted by Gasteiger charge is -2.30. The average Bonchev–Trinajstić information content (AvgIpc) is 2.82. The van der Waals surface area contributed by atoms with E-state index in [4.69, 9.17) is 0 Å². The Bertz CT molecular complexity index is 266. The lowest BCUT2D eigenvalue weighted by atomic mass is 9.78. The Labute approximate surface area is 112 Å². The lowest BCUT2D eigenvalue weighted by Crippen LogP contribution is -2.41. The van der Waals surface area contributed by atoms with Crippen molar-refractivity contribution in [2.75, 3.05) is 0 Å². The molecule has 18 heavy (non-hydrogen) atoms. The molecule has 1 rings (SSSR count). The van der Waals surface area contributed by atoms with Crippen LogP contribution in [0.2, 0.25) is 0 Å². The molecule has 106 valence electrons. The molecule has 0 saturated heterocycles. The number of halogens is 1. The topological polar surface area (TPSA) is 17.1 Å². The third-order valence-electron chi connectivity index (χ3n) is 3.42. The predicted molar refractivity (Wildman–Crippen MR) is 76.5 cm³/mol. The maximum Gasteiger partial charge on any atom is 0.192 e. The van der Waals surface area contributed by atoms with E-state index in [9.17, 15) is 9.18 Å². The van der Waals surface area contributed by atoms with Crippen LogP contribution >= 0.6 is 0 Å². The second-order valence-electron chi connectivity index (χ2n) is 5.35. The van der Waals surface area contributed by atoms with Crippen molar-refractivity contribution in [2.45, 2.75) is 78.3 Å². The minimum atomic E-state index is -1.74. The smallest absolute Gasteiger partial charge is 0.192 e. The fraction of sp³-hybridized carbons (Fsp3) is 0.812. The fourth-order valence-electron chi connectivity index (χ4n) is 2.55. The largest absolute Gasteiger partial charge is 0.296 e. The van der Waals surface area contributed by atoms with Gasteiger partial charge >= 0.3 is 0 Å². The molecule has 0 radical (unpaired) electrons. The molecule has 0 bridgehead atoms. The summed E-state index contributed by atoms with van der Waals surface area (Å²) in [6.45, 7) is 11.5. The molecular weight excluding hydrogens is 227 g/mol. The van der Waals surface area contributed by atoms with Gasteiger partial charge in [0, 0.05) is 12.3 Å². The van der Waals surface area contributed by atoms with Crippen molar-refractivity contribution >= 4 is 5.78 Å². The fourth-order valence-corrected chi connectivity index (χ4v) is 2.55. The molecule has 0 aromatic carbocycles. The summed E-state index contributed by atoms with van der Waals surface area (Å²) in [6, 6.07) is 0. The van der Waals surface area contributed by atoms with Crippen LogP contribution in [0, 0.1) is 5.92 Å². The minimum Gasteiger partial charge on any atom is -0.296 e. The Hall–Kier alpha value is -0.660. The zero-order chi connectivity index (χ0) is 14.2. The van der Waals surface area contributed by atoms with E-state index in [0.29, 0.717) is 18.4 Å². The number of allylic oxidation sites excluding steroid dienone is 1. The standard InChI is InChI=1S/C13H21FO.C3H8/c1-4-7-12(15)13(14,10(2)3)11-8-5-6-9-11;1-3-2/h11H,2,4-9H2,1,3H3;3H2,1-2H3. The number of carbonyl (C=O) groups excluding carboxylic acids is 1. The van der Waals surface area contributed by atoms with Crippen LogP contribution in [0.3, 0.4) is 0 Å². The number of carbonyl (C=O) groups is 1. The van der Waals surface area contributed by atoms with Crippen LogP contribution in [0.4, 0.5) is 4.39 Å². The monoisotopic (exact) mass is 256 g/mol. The number of ketones is 1. The number of hydrogen-bond donors (Lipinski definition) is 0. The predicted octanol–water partition coefficient (Wildman–Crippen LogP) is 5.25. The molecule has 0 spiro atoms. The third-order valence-corrected chi connectivity index (χ3v) is 3.42. The zero-order valence-corrected chi connectivity index (χ0v) is 12.5. The average molecular weight is 256 g/mol. The molecule has 0 aliphatic heterocycles. The van der Waals surface area contributed by atoms with E-state index in [0.717, 1.165) is 25.7 Å². The molecule has 0 amide bonds. The first-order valence-corrected chi connectivity index (χ1v) is 7.33. The molecule has 0 N–H and O–H groups in total. The molecule has 1 nitrogen and oxygen atoms in total. The van der Waals surface area contributed by atoms with Crippen LogP contribution in [-0.2, 0) is 4.79 Å². The van der Waals surface area contributed by atoms with Gasteiger partial charge in [0.2, 0.25) is 0 Å². The highest BCUT2D eigenvalue weighted by molar-refractivity contribution is 5.90. The Morgan fingerprint density at radius 2 is 1.72 bits per heavy atom. The number of hydrogen-bond acceptors (Lipinski definition) is 1. The van der Waals surface area contributed by atoms with Gasteiger partial charge in [-0.25, -0.2) is 4.39 Å². The molecule has 1 saturated carbocycles. The Morgan fingerprint density at radius 1 is 1.28 bits per heavy atom. The number of Topliss-reactive ketones (excluding diaryl/α,β-unsaturated/α-hetero) is 1. The molecule has 0 heterocycles. The summed E-state index contributed by atoms with van der Waals surface area (Å²) < 4.78 is 14.8. The van der Waals surface area contributed by atoms with Crippen molar-refractivity contribution in [3.63, 3.8) is 0 Å². The molecule has 1 aliphatic carbocycles. The van der Waals surface area contributed by atoms with Crippen LogP contribution in [0.25, 0.3) is 0 Å². The van der Waals surface area contributed by atoms with Gasteiger partial charge < -0.3 is 0 Å². The van der Waals surface area contributed by atoms with Gasteiger partial charge in [0.25, 0.3) is 0 Å². The second kappa shape index (κ2) is 8.44. The van der Waals surface area contributed by atoms with Crippen LogP contribution in [0.15, 0.2) is 12.2 Å². The maximum atomic E-state index is 14.8. The van der Waals surface area contributed by atoms with E-state index in [-0.39, 0.29) is 11.7 Å². The normalized spacial score (nSPS) is 18.7. The van der Waals surface area contributed by atoms with Gasteiger partial charge in [-0.3, -0.25) is 4.79 Å². The first-order valence-electron chi connectivity index (χ1n) is 7.33. The Morgan fingerprint density at radius 3 is 2.06 bits per heavy atom. The van der Waals surface area contributed by atoms with Crippen molar-refractivity contribution in [1.29, 1.82) is 0 Å². The summed E-state index contributed by atoms with van der Waals surface area (Å²) in [5.41, 5.74) is -1.35. The summed E-state index contributed by atoms with van der Waals surface area (Å²) >= 11 is 0. The highest BCUT2D eigenvalue weighted by atomic mass is 19.1. The first-order chi connectivity index (χ1) is 8.44. The van der Waals surface area contributed by atoms with E-state index >= 15 is 0 Å². The van der Waals surface area contributed by atoms with Gasteiger partial charge in [0.05, 0.1) is 0 Å². The van der Waals surface area contributed by atoms with E-state index in [1.54, 1.807) is 6.92 Å². The molecule has 1 fully saturated rings. The van der Waals surface area contributed by atoms with Crippen molar-refractivity contribution in [3.05, 3.63) is 12.2 Å². The van der Waals surface area contributed by atoms with Gasteiger partial charge in [-0.15, -0.1) is 0 Å². The molecule has 1 aliphatic rings. The summed E-state index contributed by atoms with van der Waals surface area (Å²) in [7, 11) is 0. The van der Waals surface area contributed by atoms with Crippen molar-refractivity contribution in [1.82, 2.24) is 0 Å². The number of alkyl halides is 1. The van der Waals surface area contributed by atoms with Crippen LogP contribution in [0.5, 0.6) is 0 Å². The van der Waals surface area contributed by atoms with Gasteiger partial charge in [0.15, 0.2) is 11.5 Å². The molecule has 1 unspecified atom stereocenters. The lowest BCUT2D eigenvalue weighted by molar-refractivity contribution is -0.131. The number of rotatable bonds is 5. The van der Waals surface area contributed by atoms with Crippen LogP contribution in [-0.4, -0.2) is 11.5 Å². The second-order valence-corrected chi connectivity index (χ2v) is 5.35. The highest BCUT2D eigenvalue weighted by Gasteiger charge is 2.46. The Balaban J connectivity index is 0.000000873. The zero-order valence-electron chi connectivity index (χ0n) is 12.5. The van der Waals surface area contributed by atoms with E-state index < -0.39 is 5.67 Å². The highest BCUT2D eigenvalue weighted by Crippen LogP contribution is 2.42. The van der Waals surface area contributed by atoms with Crippen molar-refractivity contribution < 1.29 is 9.18 Å². The van der Waals surface area contributed by atoms with E-state index in [2.05, 4.69) is 20.4 Å². The molecule has 2 heteroatoms. The quantitative estimate of drug-likeness (QED) is 0.614.